The van der Waals surface area contributed by atoms with E-state index in [1.165, 1.54) is 0 Å². The molecule has 0 unspecified atom stereocenters. The summed E-state index contributed by atoms with van der Waals surface area (Å²) in [5.74, 6) is 0.472. The van der Waals surface area contributed by atoms with Gasteiger partial charge in [-0.3, -0.25) is 14.9 Å². The van der Waals surface area contributed by atoms with Crippen molar-refractivity contribution in [2.45, 2.75) is 24.5 Å². The van der Waals surface area contributed by atoms with E-state index in [4.69, 9.17) is 11.6 Å². The van der Waals surface area contributed by atoms with E-state index < -0.39 is 5.60 Å². The van der Waals surface area contributed by atoms with Crippen LogP contribution >= 0.6 is 11.6 Å². The van der Waals surface area contributed by atoms with E-state index in [0.29, 0.717) is 23.4 Å². The highest BCUT2D eigenvalue weighted by Crippen LogP contribution is 2.60. The number of nitrogens with zero attached hydrogens (tertiary/aromatic N) is 2. The number of benzene rings is 1. The summed E-state index contributed by atoms with van der Waals surface area (Å²) < 4.78 is 0. The summed E-state index contributed by atoms with van der Waals surface area (Å²) in [6.45, 7) is 0. The highest BCUT2D eigenvalue weighted by Gasteiger charge is 2.62. The molecule has 7 heteroatoms. The van der Waals surface area contributed by atoms with E-state index in [9.17, 15) is 9.90 Å². The Kier molecular flexibility index (Phi) is 3.36. The van der Waals surface area contributed by atoms with Crippen molar-refractivity contribution in [1.82, 2.24) is 20.5 Å². The Bertz CT molecular complexity index is 991. The Hall–Kier alpha value is -2.44. The summed E-state index contributed by atoms with van der Waals surface area (Å²) in [4.78, 5) is 16.2. The Labute approximate surface area is 154 Å². The number of H-pyrrole nitrogens is 1. The monoisotopic (exact) mass is 368 g/mol. The maximum Gasteiger partial charge on any atom is 0.251 e. The van der Waals surface area contributed by atoms with Crippen LogP contribution in [0.4, 0.5) is 0 Å². The minimum atomic E-state index is -0.942. The molecule has 2 aliphatic rings. The van der Waals surface area contributed by atoms with E-state index >= 15 is 0 Å². The molecule has 6 nitrogen and oxygen atoms in total. The van der Waals surface area contributed by atoms with Gasteiger partial charge in [0.25, 0.3) is 5.91 Å². The maximum atomic E-state index is 12.3. The molecule has 2 fully saturated rings. The van der Waals surface area contributed by atoms with Gasteiger partial charge in [-0.2, -0.15) is 5.10 Å². The number of hydrogen-bond acceptors (Lipinski definition) is 4. The first-order valence-electron chi connectivity index (χ1n) is 8.61. The molecule has 1 amide bonds. The number of nitrogens with one attached hydrogen (secondary N) is 2. The molecule has 2 heterocycles. The summed E-state index contributed by atoms with van der Waals surface area (Å²) in [5.41, 5.74) is 1.29. The summed E-state index contributed by atoms with van der Waals surface area (Å²) in [6, 6.07) is 7.17. The molecule has 0 aliphatic heterocycles. The minimum absolute atomic E-state index is 0.0888. The standard InChI is InChI=1S/C19H17ClN4O2/c20-12-5-11-9-22-24-16(11)15(6-12)19(26)7-13-14(8-19)17(13)23-18(25)10-1-3-21-4-2-10/h1-6,9,13-14,17,26H,7-8H2,(H,22,24)(H,23,25)/t13-,14+,17-,19+. The summed E-state index contributed by atoms with van der Waals surface area (Å²) >= 11 is 6.22. The largest absolute Gasteiger partial charge is 0.385 e. The van der Waals surface area contributed by atoms with Crippen LogP contribution in [0.3, 0.4) is 0 Å². The van der Waals surface area contributed by atoms with Crippen LogP contribution in [0, 0.1) is 11.8 Å². The first-order valence-corrected chi connectivity index (χ1v) is 8.99. The molecular weight excluding hydrogens is 352 g/mol. The first kappa shape index (κ1) is 15.8. The summed E-state index contributed by atoms with van der Waals surface area (Å²) in [7, 11) is 0. The van der Waals surface area contributed by atoms with Crippen molar-refractivity contribution in [3.8, 4) is 0 Å². The number of fused-ring (bicyclic) bond motifs is 2. The number of carbonyl (C=O) groups is 1. The fraction of sp³-hybridized carbons (Fsp3) is 0.316. The number of hydrogen-bond donors (Lipinski definition) is 3. The summed E-state index contributed by atoms with van der Waals surface area (Å²) in [5, 5.41) is 22.8. The Morgan fingerprint density at radius 1 is 1.27 bits per heavy atom. The fourth-order valence-electron chi connectivity index (χ4n) is 4.42. The molecule has 0 bridgehead atoms. The molecule has 1 aromatic carbocycles. The molecule has 3 N–H and O–H groups in total. The van der Waals surface area contributed by atoms with Crippen molar-refractivity contribution >= 4 is 28.4 Å². The highest BCUT2D eigenvalue weighted by atomic mass is 35.5. The first-order chi connectivity index (χ1) is 12.5. The number of carbonyl (C=O) groups excluding carboxylic acids is 1. The Balaban J connectivity index is 1.34. The molecule has 3 aromatic rings. The molecule has 2 aliphatic carbocycles. The lowest BCUT2D eigenvalue weighted by atomic mass is 9.87. The van der Waals surface area contributed by atoms with Crippen LogP contribution in [0.2, 0.25) is 5.02 Å². The van der Waals surface area contributed by atoms with Gasteiger partial charge in [0.05, 0.1) is 17.3 Å². The van der Waals surface area contributed by atoms with Crippen LogP contribution in [0.25, 0.3) is 10.9 Å². The van der Waals surface area contributed by atoms with Gasteiger partial charge in [0.2, 0.25) is 0 Å². The van der Waals surface area contributed by atoms with Crippen molar-refractivity contribution in [3.05, 3.63) is 59.0 Å². The molecule has 2 saturated carbocycles. The number of aromatic nitrogens is 3. The van der Waals surface area contributed by atoms with E-state index in [-0.39, 0.29) is 23.8 Å². The zero-order valence-corrected chi connectivity index (χ0v) is 14.6. The zero-order chi connectivity index (χ0) is 17.9. The summed E-state index contributed by atoms with van der Waals surface area (Å²) in [6.07, 6.45) is 6.13. The number of amides is 1. The molecule has 26 heavy (non-hydrogen) atoms. The molecule has 0 saturated heterocycles. The van der Waals surface area contributed by atoms with E-state index in [1.807, 2.05) is 12.1 Å². The lowest BCUT2D eigenvalue weighted by Gasteiger charge is -2.27. The number of aromatic amines is 1. The van der Waals surface area contributed by atoms with Gasteiger partial charge in [0.15, 0.2) is 0 Å². The third-order valence-corrected chi connectivity index (χ3v) is 5.95. The van der Waals surface area contributed by atoms with Gasteiger partial charge in [-0.25, -0.2) is 0 Å². The van der Waals surface area contributed by atoms with E-state index in [0.717, 1.165) is 16.5 Å². The third-order valence-electron chi connectivity index (χ3n) is 5.73. The third kappa shape index (κ3) is 2.40. The van der Waals surface area contributed by atoms with Gasteiger partial charge in [-0.1, -0.05) is 11.6 Å². The second kappa shape index (κ2) is 5.53. The van der Waals surface area contributed by atoms with Crippen LogP contribution in [-0.2, 0) is 5.60 Å². The van der Waals surface area contributed by atoms with Crippen molar-refractivity contribution in [3.63, 3.8) is 0 Å². The van der Waals surface area contributed by atoms with Crippen LogP contribution in [0.15, 0.2) is 42.9 Å². The number of pyridine rings is 1. The van der Waals surface area contributed by atoms with Gasteiger partial charge in [0, 0.05) is 40.0 Å². The van der Waals surface area contributed by atoms with E-state index in [1.54, 1.807) is 30.7 Å². The van der Waals surface area contributed by atoms with Gasteiger partial charge in [-0.15, -0.1) is 0 Å². The SMILES string of the molecule is O=C(N[C@@H]1[C@@H]2C[C@@](O)(c3cc(Cl)cc4cn[nH]c34)C[C@@H]21)c1ccncc1. The van der Waals surface area contributed by atoms with Crippen LogP contribution in [-0.4, -0.2) is 32.2 Å². The normalized spacial score (nSPS) is 29.5. The molecular formula is C19H17ClN4O2. The zero-order valence-electron chi connectivity index (χ0n) is 13.8. The van der Waals surface area contributed by atoms with Crippen LogP contribution in [0.1, 0.15) is 28.8 Å². The molecule has 0 spiro atoms. The quantitative estimate of drug-likeness (QED) is 0.662. The topological polar surface area (TPSA) is 90.9 Å². The van der Waals surface area contributed by atoms with Crippen LogP contribution < -0.4 is 5.32 Å². The Morgan fingerprint density at radius 2 is 2.00 bits per heavy atom. The molecule has 0 radical (unpaired) electrons. The van der Waals surface area contributed by atoms with Gasteiger partial charge < -0.3 is 10.4 Å². The van der Waals surface area contributed by atoms with Gasteiger partial charge >= 0.3 is 0 Å². The van der Waals surface area contributed by atoms with Crippen molar-refractivity contribution < 1.29 is 9.90 Å². The number of halogens is 1. The molecule has 5 rings (SSSR count). The lowest BCUT2D eigenvalue weighted by Crippen LogP contribution is -2.33. The Morgan fingerprint density at radius 3 is 2.73 bits per heavy atom. The van der Waals surface area contributed by atoms with Crippen LogP contribution in [0.5, 0.6) is 0 Å². The predicted octanol–water partition coefficient (Wildman–Crippen LogP) is 2.64. The molecule has 2 aromatic heterocycles. The predicted molar refractivity (Wildman–Crippen MR) is 96.7 cm³/mol. The van der Waals surface area contributed by atoms with Gasteiger partial charge in [-0.05, 0) is 48.9 Å². The smallest absolute Gasteiger partial charge is 0.251 e. The molecule has 132 valence electrons. The van der Waals surface area contributed by atoms with Crippen molar-refractivity contribution in [1.29, 1.82) is 0 Å². The van der Waals surface area contributed by atoms with E-state index in [2.05, 4.69) is 20.5 Å². The highest BCUT2D eigenvalue weighted by molar-refractivity contribution is 6.31. The van der Waals surface area contributed by atoms with Crippen molar-refractivity contribution in [2.75, 3.05) is 0 Å². The molecule has 4 atom stereocenters. The second-order valence-electron chi connectivity index (χ2n) is 7.29. The van der Waals surface area contributed by atoms with Crippen molar-refractivity contribution in [2.24, 2.45) is 11.8 Å². The average molecular weight is 369 g/mol. The fourth-order valence-corrected chi connectivity index (χ4v) is 4.65. The minimum Gasteiger partial charge on any atom is -0.385 e. The average Bonchev–Trinajstić information content (AvgIpc) is 3.01. The van der Waals surface area contributed by atoms with Gasteiger partial charge in [0.1, 0.15) is 0 Å². The number of aliphatic hydroxyl groups is 1. The lowest BCUT2D eigenvalue weighted by molar-refractivity contribution is 0.0291. The second-order valence-corrected chi connectivity index (χ2v) is 7.73. The number of rotatable bonds is 3. The maximum absolute atomic E-state index is 12.3.